The van der Waals surface area contributed by atoms with Crippen molar-refractivity contribution in [3.05, 3.63) is 47.6 Å². The summed E-state index contributed by atoms with van der Waals surface area (Å²) in [7, 11) is 0. The molecule has 0 unspecified atom stereocenters. The van der Waals surface area contributed by atoms with Gasteiger partial charge in [0.1, 0.15) is 0 Å². The highest BCUT2D eigenvalue weighted by Gasteiger charge is 2.12. The van der Waals surface area contributed by atoms with Crippen LogP contribution in [0.15, 0.2) is 36.5 Å². The van der Waals surface area contributed by atoms with Crippen molar-refractivity contribution in [2.75, 3.05) is 0 Å². The van der Waals surface area contributed by atoms with Crippen LogP contribution >= 0.6 is 0 Å². The van der Waals surface area contributed by atoms with E-state index >= 15 is 0 Å². The summed E-state index contributed by atoms with van der Waals surface area (Å²) in [6.45, 7) is 1.88. The Labute approximate surface area is 93.4 Å². The zero-order chi connectivity index (χ0) is 11.5. The van der Waals surface area contributed by atoms with E-state index in [0.717, 1.165) is 16.5 Å². The second-order valence-electron chi connectivity index (χ2n) is 3.49. The lowest BCUT2D eigenvalue weighted by atomic mass is 10.1. The summed E-state index contributed by atoms with van der Waals surface area (Å²) in [5.41, 5.74) is 0.958. The molecule has 0 fully saturated rings. The number of nitriles is 1. The van der Waals surface area contributed by atoms with Gasteiger partial charge in [-0.1, -0.05) is 18.2 Å². The lowest BCUT2D eigenvalue weighted by Crippen LogP contribution is -2.35. The lowest BCUT2D eigenvalue weighted by Gasteiger charge is -2.00. The molecule has 16 heavy (non-hydrogen) atoms. The highest BCUT2D eigenvalue weighted by Crippen LogP contribution is 2.12. The van der Waals surface area contributed by atoms with E-state index in [1.54, 1.807) is 4.57 Å². The topological polar surface area (TPSA) is 50.0 Å². The SMILES string of the molecule is Cc1cc2ccccc2c[n+]1C(=C=[N-])C#N. The Bertz CT molecular complexity index is 644. The molecule has 1 aromatic heterocycles. The average Bonchev–Trinajstić information content (AvgIpc) is 2.31. The van der Waals surface area contributed by atoms with Crippen LogP contribution < -0.4 is 4.57 Å². The third kappa shape index (κ3) is 1.58. The summed E-state index contributed by atoms with van der Waals surface area (Å²) in [5.74, 6) is 1.89. The number of aryl methyl sites for hydroxylation is 1. The van der Waals surface area contributed by atoms with Gasteiger partial charge in [0, 0.05) is 18.4 Å². The monoisotopic (exact) mass is 207 g/mol. The Kier molecular flexibility index (Phi) is 2.51. The van der Waals surface area contributed by atoms with Gasteiger partial charge in [-0.15, -0.1) is 4.57 Å². The van der Waals surface area contributed by atoms with E-state index in [1.807, 2.05) is 55.4 Å². The van der Waals surface area contributed by atoms with Gasteiger partial charge in [-0.3, -0.25) is 0 Å². The Morgan fingerprint density at radius 1 is 1.31 bits per heavy atom. The molecule has 3 nitrogen and oxygen atoms in total. The van der Waals surface area contributed by atoms with Crippen molar-refractivity contribution in [3.63, 3.8) is 0 Å². The van der Waals surface area contributed by atoms with Crippen molar-refractivity contribution < 1.29 is 4.57 Å². The van der Waals surface area contributed by atoms with E-state index in [9.17, 15) is 0 Å². The summed E-state index contributed by atoms with van der Waals surface area (Å²) in [6, 6.07) is 11.7. The number of rotatable bonds is 1. The van der Waals surface area contributed by atoms with Crippen LogP contribution in [0, 0.1) is 18.3 Å². The molecule has 0 amide bonds. The third-order valence-electron chi connectivity index (χ3n) is 2.46. The predicted octanol–water partition coefficient (Wildman–Crippen LogP) is 2.04. The molecule has 0 radical (unpaired) electrons. The number of benzene rings is 1. The summed E-state index contributed by atoms with van der Waals surface area (Å²) in [6.07, 6.45) is 1.81. The molecule has 76 valence electrons. The Morgan fingerprint density at radius 2 is 2.00 bits per heavy atom. The molecule has 0 saturated carbocycles. The molecular formula is C13H9N3. The van der Waals surface area contributed by atoms with Crippen molar-refractivity contribution in [1.82, 2.24) is 0 Å². The van der Waals surface area contributed by atoms with Gasteiger partial charge in [0.25, 0.3) is 0 Å². The van der Waals surface area contributed by atoms with Crippen molar-refractivity contribution in [2.45, 2.75) is 6.92 Å². The summed E-state index contributed by atoms with van der Waals surface area (Å²) in [5, 5.41) is 19.8. The van der Waals surface area contributed by atoms with E-state index in [2.05, 4.69) is 0 Å². The number of pyridine rings is 1. The predicted molar refractivity (Wildman–Crippen MR) is 62.6 cm³/mol. The number of hydrogen-bond acceptors (Lipinski definition) is 1. The van der Waals surface area contributed by atoms with E-state index in [1.165, 1.54) is 0 Å². The second kappa shape index (κ2) is 3.98. The van der Waals surface area contributed by atoms with Crippen LogP contribution in [0.3, 0.4) is 0 Å². The van der Waals surface area contributed by atoms with E-state index in [-0.39, 0.29) is 5.70 Å². The van der Waals surface area contributed by atoms with Gasteiger partial charge in [0.2, 0.25) is 0 Å². The third-order valence-corrected chi connectivity index (χ3v) is 2.46. The summed E-state index contributed by atoms with van der Waals surface area (Å²) < 4.78 is 1.61. The van der Waals surface area contributed by atoms with Crippen LogP contribution in [0.2, 0.25) is 0 Å². The van der Waals surface area contributed by atoms with Crippen LogP contribution in [0.4, 0.5) is 0 Å². The van der Waals surface area contributed by atoms with Crippen LogP contribution in [-0.4, -0.2) is 5.87 Å². The minimum Gasteiger partial charge on any atom is -0.757 e. The minimum absolute atomic E-state index is 0.0863. The molecule has 1 aromatic carbocycles. The molecule has 0 bridgehead atoms. The molecule has 1 heterocycles. The maximum absolute atomic E-state index is 8.85. The van der Waals surface area contributed by atoms with Gasteiger partial charge in [0.05, 0.1) is 0 Å². The lowest BCUT2D eigenvalue weighted by molar-refractivity contribution is -0.581. The Balaban J connectivity index is 2.78. The quantitative estimate of drug-likeness (QED) is 0.401. The van der Waals surface area contributed by atoms with E-state index in [0.29, 0.717) is 0 Å². The molecule has 3 heteroatoms. The Morgan fingerprint density at radius 3 is 2.62 bits per heavy atom. The smallest absolute Gasteiger partial charge is 0.310 e. The molecule has 2 rings (SSSR count). The summed E-state index contributed by atoms with van der Waals surface area (Å²) >= 11 is 0. The molecule has 0 aliphatic rings. The molecule has 0 N–H and O–H groups in total. The highest BCUT2D eigenvalue weighted by atomic mass is 15.0. The molecule has 0 aliphatic heterocycles. The van der Waals surface area contributed by atoms with Gasteiger partial charge >= 0.3 is 5.70 Å². The molecule has 0 saturated heterocycles. The fourth-order valence-corrected chi connectivity index (χ4v) is 1.67. The van der Waals surface area contributed by atoms with Crippen LogP contribution in [0.5, 0.6) is 0 Å². The largest absolute Gasteiger partial charge is 0.757 e. The van der Waals surface area contributed by atoms with Gasteiger partial charge in [-0.2, -0.15) is 11.1 Å². The van der Waals surface area contributed by atoms with Crippen molar-refractivity contribution in [1.29, 1.82) is 5.26 Å². The number of aromatic nitrogens is 1. The number of nitrogens with zero attached hydrogens (tertiary/aromatic N) is 3. The second-order valence-corrected chi connectivity index (χ2v) is 3.49. The van der Waals surface area contributed by atoms with Crippen molar-refractivity contribution in [3.8, 4) is 6.07 Å². The highest BCUT2D eigenvalue weighted by molar-refractivity contribution is 5.86. The molecular weight excluding hydrogens is 198 g/mol. The molecule has 0 aliphatic carbocycles. The normalized spacial score (nSPS) is 9.50. The van der Waals surface area contributed by atoms with Gasteiger partial charge in [-0.05, 0) is 11.5 Å². The first kappa shape index (κ1) is 10.1. The molecule has 0 atom stereocenters. The number of fused-ring (bicyclic) bond motifs is 1. The molecule has 2 aromatic rings. The van der Waals surface area contributed by atoms with Gasteiger partial charge in [-0.25, -0.2) is 0 Å². The van der Waals surface area contributed by atoms with Crippen molar-refractivity contribution >= 4 is 22.3 Å². The van der Waals surface area contributed by atoms with Gasteiger partial charge in [0.15, 0.2) is 18.0 Å². The first-order chi connectivity index (χ1) is 7.76. The first-order valence-corrected chi connectivity index (χ1v) is 4.85. The Hall–Kier alpha value is -2.43. The zero-order valence-electron chi connectivity index (χ0n) is 8.81. The van der Waals surface area contributed by atoms with Crippen LogP contribution in [-0.2, 0) is 0 Å². The summed E-state index contributed by atoms with van der Waals surface area (Å²) in [4.78, 5) is 0. The maximum Gasteiger partial charge on any atom is 0.310 e. The first-order valence-electron chi connectivity index (χ1n) is 4.85. The molecule has 0 spiro atoms. The number of hydrogen-bond donors (Lipinski definition) is 0. The zero-order valence-corrected chi connectivity index (χ0v) is 8.81. The average molecular weight is 207 g/mol. The minimum atomic E-state index is 0.0863. The van der Waals surface area contributed by atoms with E-state index < -0.39 is 0 Å². The number of allylic oxidation sites excluding steroid dienone is 1. The van der Waals surface area contributed by atoms with E-state index in [4.69, 9.17) is 10.7 Å². The fraction of sp³-hybridized carbons (Fsp3) is 0.0769. The van der Waals surface area contributed by atoms with Crippen LogP contribution in [0.1, 0.15) is 5.69 Å². The van der Waals surface area contributed by atoms with Crippen LogP contribution in [0.25, 0.3) is 21.9 Å². The van der Waals surface area contributed by atoms with Gasteiger partial charge < -0.3 is 5.41 Å². The standard InChI is InChI=1S/C13H9N3/c1-10-6-11-4-2-3-5-12(11)9-16(10)13(7-14)8-15/h2-6,9H,1H3. The fourth-order valence-electron chi connectivity index (χ4n) is 1.67. The van der Waals surface area contributed by atoms with Crippen molar-refractivity contribution in [2.24, 2.45) is 0 Å². The maximum atomic E-state index is 8.85.